The molecule has 1 atom stereocenters. The molecule has 4 aromatic carbocycles. The molecule has 0 heterocycles. The maximum absolute atomic E-state index is 12.8. The number of rotatable bonds is 11. The van der Waals surface area contributed by atoms with Crippen molar-refractivity contribution in [3.63, 3.8) is 0 Å². The lowest BCUT2D eigenvalue weighted by atomic mass is 10.0. The zero-order valence-corrected chi connectivity index (χ0v) is 20.1. The van der Waals surface area contributed by atoms with Crippen molar-refractivity contribution < 1.29 is 14.7 Å². The van der Waals surface area contributed by atoms with E-state index in [1.807, 2.05) is 78.9 Å². The van der Waals surface area contributed by atoms with Crippen molar-refractivity contribution >= 4 is 11.9 Å². The van der Waals surface area contributed by atoms with Crippen LogP contribution in [0.15, 0.2) is 115 Å². The molecular formula is C31H30N2O3. The molecule has 36 heavy (non-hydrogen) atoms. The number of hydrogen-bond acceptors (Lipinski definition) is 3. The standard InChI is InChI=1S/C31H30N2O3/c34-30(32-29(31(35)36)20-24-10-4-1-5-11-24)28-18-16-27(17-19-28)23-33(21-25-12-6-2-7-13-25)22-26-14-8-3-9-15-26/h1-19,29H,20-23H2,(H,32,34)(H,35,36)/t29-/m1/s1. The third-order valence-corrected chi connectivity index (χ3v) is 6.01. The van der Waals surface area contributed by atoms with Crippen LogP contribution in [-0.4, -0.2) is 27.9 Å². The van der Waals surface area contributed by atoms with Crippen molar-refractivity contribution in [2.75, 3.05) is 0 Å². The van der Waals surface area contributed by atoms with Gasteiger partial charge in [-0.15, -0.1) is 0 Å². The van der Waals surface area contributed by atoms with Crippen LogP contribution in [0.1, 0.15) is 32.6 Å². The van der Waals surface area contributed by atoms with E-state index >= 15 is 0 Å². The number of benzene rings is 4. The second-order valence-electron chi connectivity index (χ2n) is 8.87. The second-order valence-corrected chi connectivity index (χ2v) is 8.87. The quantitative estimate of drug-likeness (QED) is 0.306. The summed E-state index contributed by atoms with van der Waals surface area (Å²) in [7, 11) is 0. The highest BCUT2D eigenvalue weighted by atomic mass is 16.4. The molecule has 4 rings (SSSR count). The monoisotopic (exact) mass is 478 g/mol. The zero-order chi connectivity index (χ0) is 25.2. The Morgan fingerprint density at radius 2 is 1.03 bits per heavy atom. The van der Waals surface area contributed by atoms with Gasteiger partial charge in [-0.2, -0.15) is 0 Å². The maximum atomic E-state index is 12.8. The van der Waals surface area contributed by atoms with Gasteiger partial charge in [-0.3, -0.25) is 9.69 Å². The van der Waals surface area contributed by atoms with E-state index in [2.05, 4.69) is 34.5 Å². The van der Waals surface area contributed by atoms with Crippen molar-refractivity contribution in [3.05, 3.63) is 143 Å². The average molecular weight is 479 g/mol. The van der Waals surface area contributed by atoms with Gasteiger partial charge in [0.15, 0.2) is 0 Å². The SMILES string of the molecule is O=C(N[C@H](Cc1ccccc1)C(=O)O)c1ccc(CN(Cc2ccccc2)Cc2ccccc2)cc1. The predicted octanol–water partition coefficient (Wildman–Crippen LogP) is 5.31. The number of carbonyl (C=O) groups is 2. The van der Waals surface area contributed by atoms with E-state index in [9.17, 15) is 14.7 Å². The first-order valence-corrected chi connectivity index (χ1v) is 12.0. The van der Waals surface area contributed by atoms with Crippen LogP contribution in [0.4, 0.5) is 0 Å². The molecule has 0 aliphatic carbocycles. The molecule has 5 nitrogen and oxygen atoms in total. The van der Waals surface area contributed by atoms with Crippen LogP contribution >= 0.6 is 0 Å². The Kier molecular flexibility index (Phi) is 8.62. The molecule has 0 saturated heterocycles. The van der Waals surface area contributed by atoms with Crippen LogP contribution in [0.25, 0.3) is 0 Å². The summed E-state index contributed by atoms with van der Waals surface area (Å²) < 4.78 is 0. The second kappa shape index (κ2) is 12.5. The fraction of sp³-hybridized carbons (Fsp3) is 0.161. The summed E-state index contributed by atoms with van der Waals surface area (Å²) in [5.41, 5.74) is 4.86. The number of carboxylic acids is 1. The van der Waals surface area contributed by atoms with Crippen molar-refractivity contribution in [1.29, 1.82) is 0 Å². The van der Waals surface area contributed by atoms with Crippen molar-refractivity contribution in [1.82, 2.24) is 10.2 Å². The van der Waals surface area contributed by atoms with Crippen molar-refractivity contribution in [2.45, 2.75) is 32.1 Å². The molecule has 1 amide bonds. The van der Waals surface area contributed by atoms with Crippen LogP contribution in [0.2, 0.25) is 0 Å². The molecule has 5 heteroatoms. The molecule has 0 unspecified atom stereocenters. The normalized spacial score (nSPS) is 11.7. The first-order valence-electron chi connectivity index (χ1n) is 12.0. The average Bonchev–Trinajstić information content (AvgIpc) is 2.90. The lowest BCUT2D eigenvalue weighted by molar-refractivity contribution is -0.139. The van der Waals surface area contributed by atoms with Crippen LogP contribution in [0.5, 0.6) is 0 Å². The predicted molar refractivity (Wildman–Crippen MR) is 141 cm³/mol. The minimum absolute atomic E-state index is 0.230. The summed E-state index contributed by atoms with van der Waals surface area (Å²) in [6.45, 7) is 2.33. The summed E-state index contributed by atoms with van der Waals surface area (Å²) in [5.74, 6) is -1.45. The number of aliphatic carboxylic acids is 1. The molecule has 0 radical (unpaired) electrons. The van der Waals surface area contributed by atoms with Gasteiger partial charge in [0.25, 0.3) is 5.91 Å². The van der Waals surface area contributed by atoms with Gasteiger partial charge in [0, 0.05) is 31.6 Å². The van der Waals surface area contributed by atoms with Gasteiger partial charge in [-0.1, -0.05) is 103 Å². The van der Waals surface area contributed by atoms with E-state index in [0.717, 1.165) is 30.8 Å². The molecular weight excluding hydrogens is 448 g/mol. The first-order chi connectivity index (χ1) is 17.6. The number of carboxylic acid groups (broad SMARTS) is 1. The summed E-state index contributed by atoms with van der Waals surface area (Å²) in [5, 5.41) is 12.3. The molecule has 0 saturated carbocycles. The summed E-state index contributed by atoms with van der Waals surface area (Å²) in [6.07, 6.45) is 0.230. The number of hydrogen-bond donors (Lipinski definition) is 2. The Morgan fingerprint density at radius 3 is 1.47 bits per heavy atom. The van der Waals surface area contributed by atoms with Gasteiger partial charge in [0.2, 0.25) is 0 Å². The molecule has 182 valence electrons. The van der Waals surface area contributed by atoms with Gasteiger partial charge < -0.3 is 10.4 Å². The lowest BCUT2D eigenvalue weighted by Gasteiger charge is -2.23. The van der Waals surface area contributed by atoms with Crippen molar-refractivity contribution in [2.24, 2.45) is 0 Å². The van der Waals surface area contributed by atoms with E-state index in [4.69, 9.17) is 0 Å². The number of nitrogens with one attached hydrogen (secondary N) is 1. The van der Waals surface area contributed by atoms with Crippen molar-refractivity contribution in [3.8, 4) is 0 Å². The van der Waals surface area contributed by atoms with E-state index in [1.54, 1.807) is 12.1 Å². The van der Waals surface area contributed by atoms with Crippen LogP contribution in [0, 0.1) is 0 Å². The summed E-state index contributed by atoms with van der Waals surface area (Å²) in [6, 6.07) is 36.4. The van der Waals surface area contributed by atoms with Gasteiger partial charge >= 0.3 is 5.97 Å². The largest absolute Gasteiger partial charge is 0.480 e. The third kappa shape index (κ3) is 7.39. The smallest absolute Gasteiger partial charge is 0.326 e. The molecule has 0 fully saturated rings. The molecule has 0 aliphatic heterocycles. The Hall–Kier alpha value is -4.22. The highest BCUT2D eigenvalue weighted by Crippen LogP contribution is 2.15. The molecule has 0 bridgehead atoms. The lowest BCUT2D eigenvalue weighted by Crippen LogP contribution is -2.42. The van der Waals surface area contributed by atoms with Gasteiger partial charge in [-0.25, -0.2) is 4.79 Å². The highest BCUT2D eigenvalue weighted by Gasteiger charge is 2.21. The molecule has 0 aromatic heterocycles. The minimum Gasteiger partial charge on any atom is -0.480 e. The van der Waals surface area contributed by atoms with E-state index < -0.39 is 17.9 Å². The topological polar surface area (TPSA) is 69.6 Å². The molecule has 4 aromatic rings. The Balaban J connectivity index is 1.42. The van der Waals surface area contributed by atoms with Gasteiger partial charge in [0.1, 0.15) is 6.04 Å². The molecule has 0 aliphatic rings. The third-order valence-electron chi connectivity index (χ3n) is 6.01. The summed E-state index contributed by atoms with van der Waals surface area (Å²) >= 11 is 0. The fourth-order valence-electron chi connectivity index (χ4n) is 4.16. The van der Waals surface area contributed by atoms with E-state index in [1.165, 1.54) is 11.1 Å². The van der Waals surface area contributed by atoms with Crippen LogP contribution in [0.3, 0.4) is 0 Å². The Bertz CT molecular complexity index is 1200. The number of nitrogens with zero attached hydrogens (tertiary/aromatic N) is 1. The Labute approximate surface area is 212 Å². The van der Waals surface area contributed by atoms with E-state index in [-0.39, 0.29) is 6.42 Å². The van der Waals surface area contributed by atoms with Crippen LogP contribution < -0.4 is 5.32 Å². The summed E-state index contributed by atoms with van der Waals surface area (Å²) in [4.78, 5) is 26.9. The minimum atomic E-state index is -1.05. The maximum Gasteiger partial charge on any atom is 0.326 e. The van der Waals surface area contributed by atoms with E-state index in [0.29, 0.717) is 5.56 Å². The Morgan fingerprint density at radius 1 is 0.611 bits per heavy atom. The van der Waals surface area contributed by atoms with Gasteiger partial charge in [0.05, 0.1) is 0 Å². The number of carbonyl (C=O) groups excluding carboxylic acids is 1. The molecule has 2 N–H and O–H groups in total. The number of amides is 1. The fourth-order valence-corrected chi connectivity index (χ4v) is 4.16. The van der Waals surface area contributed by atoms with Gasteiger partial charge in [-0.05, 0) is 34.4 Å². The highest BCUT2D eigenvalue weighted by molar-refractivity contribution is 5.96. The zero-order valence-electron chi connectivity index (χ0n) is 20.1. The molecule has 0 spiro atoms. The van der Waals surface area contributed by atoms with Crippen LogP contribution in [-0.2, 0) is 30.8 Å². The first kappa shape index (κ1) is 24.9.